The molecule has 1 aromatic heterocycles. The molecular formula is C14H13N3OS. The van der Waals surface area contributed by atoms with Gasteiger partial charge in [0.1, 0.15) is 10.7 Å². The van der Waals surface area contributed by atoms with E-state index in [0.717, 1.165) is 5.69 Å². The van der Waals surface area contributed by atoms with Crippen LogP contribution < -0.4 is 10.6 Å². The zero-order valence-corrected chi connectivity index (χ0v) is 11.2. The van der Waals surface area contributed by atoms with Crippen molar-refractivity contribution in [3.63, 3.8) is 0 Å². The molecule has 4 nitrogen and oxygen atoms in total. The minimum absolute atomic E-state index is 0.180. The first-order valence-electron chi connectivity index (χ1n) is 5.68. The molecule has 19 heavy (non-hydrogen) atoms. The Labute approximate surface area is 116 Å². The van der Waals surface area contributed by atoms with Crippen molar-refractivity contribution in [2.45, 2.75) is 0 Å². The molecule has 0 fully saturated rings. The summed E-state index contributed by atoms with van der Waals surface area (Å²) in [6.07, 6.45) is 1.51. The second-order valence-electron chi connectivity index (χ2n) is 4.00. The molecule has 1 heterocycles. The van der Waals surface area contributed by atoms with E-state index in [1.165, 1.54) is 6.20 Å². The SMILES string of the molecule is CN(C(=O)c1ccc(C(N)=S)cn1)c1ccccc1. The van der Waals surface area contributed by atoms with E-state index in [1.54, 1.807) is 24.1 Å². The Morgan fingerprint density at radius 3 is 2.42 bits per heavy atom. The highest BCUT2D eigenvalue weighted by Gasteiger charge is 2.14. The number of carbonyl (C=O) groups excluding carboxylic acids is 1. The van der Waals surface area contributed by atoms with Crippen LogP contribution in [0.2, 0.25) is 0 Å². The van der Waals surface area contributed by atoms with Crippen LogP contribution >= 0.6 is 12.2 Å². The number of nitrogens with two attached hydrogens (primary N) is 1. The second-order valence-corrected chi connectivity index (χ2v) is 4.44. The van der Waals surface area contributed by atoms with Crippen LogP contribution in [0.5, 0.6) is 0 Å². The predicted molar refractivity (Wildman–Crippen MR) is 79.3 cm³/mol. The molecule has 5 heteroatoms. The number of thiocarbonyl (C=S) groups is 1. The van der Waals surface area contributed by atoms with Crippen molar-refractivity contribution in [3.8, 4) is 0 Å². The van der Waals surface area contributed by atoms with Gasteiger partial charge in [-0.3, -0.25) is 9.78 Å². The van der Waals surface area contributed by atoms with E-state index < -0.39 is 0 Å². The minimum Gasteiger partial charge on any atom is -0.389 e. The van der Waals surface area contributed by atoms with Crippen molar-refractivity contribution < 1.29 is 4.79 Å². The first kappa shape index (κ1) is 13.2. The lowest BCUT2D eigenvalue weighted by atomic mass is 10.2. The van der Waals surface area contributed by atoms with Crippen LogP contribution in [0.3, 0.4) is 0 Å². The molecule has 2 N–H and O–H groups in total. The standard InChI is InChI=1S/C14H13N3OS/c1-17(11-5-3-2-4-6-11)14(18)12-8-7-10(9-16-12)13(15)19/h2-9H,1H3,(H2,15,19). The molecule has 96 valence electrons. The van der Waals surface area contributed by atoms with E-state index in [9.17, 15) is 4.79 Å². The Morgan fingerprint density at radius 1 is 1.21 bits per heavy atom. The molecule has 0 bridgehead atoms. The van der Waals surface area contributed by atoms with Crippen LogP contribution in [0.15, 0.2) is 48.7 Å². The Balaban J connectivity index is 2.22. The molecule has 0 saturated carbocycles. The maximum Gasteiger partial charge on any atom is 0.276 e. The number of pyridine rings is 1. The number of amides is 1. The van der Waals surface area contributed by atoms with Gasteiger partial charge in [-0.2, -0.15) is 0 Å². The van der Waals surface area contributed by atoms with Crippen molar-refractivity contribution in [2.75, 3.05) is 11.9 Å². The van der Waals surface area contributed by atoms with Crippen LogP contribution in [0.1, 0.15) is 16.1 Å². The third-order valence-corrected chi connectivity index (χ3v) is 2.95. The lowest BCUT2D eigenvalue weighted by Gasteiger charge is -2.16. The topological polar surface area (TPSA) is 59.2 Å². The van der Waals surface area contributed by atoms with Crippen molar-refractivity contribution >= 4 is 28.8 Å². The third kappa shape index (κ3) is 2.95. The molecule has 0 radical (unpaired) electrons. The summed E-state index contributed by atoms with van der Waals surface area (Å²) in [7, 11) is 1.71. The molecule has 0 aliphatic carbocycles. The number of nitrogens with zero attached hydrogens (tertiary/aromatic N) is 2. The number of hydrogen-bond donors (Lipinski definition) is 1. The van der Waals surface area contributed by atoms with E-state index in [-0.39, 0.29) is 10.9 Å². The van der Waals surface area contributed by atoms with Crippen LogP contribution in [0, 0.1) is 0 Å². The van der Waals surface area contributed by atoms with E-state index in [4.69, 9.17) is 18.0 Å². The highest BCUT2D eigenvalue weighted by Crippen LogP contribution is 2.14. The second kappa shape index (κ2) is 5.58. The third-order valence-electron chi connectivity index (χ3n) is 2.72. The van der Waals surface area contributed by atoms with Crippen LogP contribution in [-0.2, 0) is 0 Å². The predicted octanol–water partition coefficient (Wildman–Crippen LogP) is 1.99. The van der Waals surface area contributed by atoms with Crippen molar-refractivity contribution in [1.29, 1.82) is 0 Å². The van der Waals surface area contributed by atoms with Gasteiger partial charge in [-0.1, -0.05) is 30.4 Å². The quantitative estimate of drug-likeness (QED) is 0.867. The van der Waals surface area contributed by atoms with Gasteiger partial charge in [0.2, 0.25) is 0 Å². The fraction of sp³-hybridized carbons (Fsp3) is 0.0714. The molecule has 0 atom stereocenters. The van der Waals surface area contributed by atoms with Gasteiger partial charge in [-0.25, -0.2) is 0 Å². The summed E-state index contributed by atoms with van der Waals surface area (Å²) in [5, 5.41) is 0. The molecule has 0 spiro atoms. The Hall–Kier alpha value is -2.27. The van der Waals surface area contributed by atoms with Gasteiger partial charge < -0.3 is 10.6 Å². The maximum absolute atomic E-state index is 12.2. The number of benzene rings is 1. The number of carbonyl (C=O) groups is 1. The lowest BCUT2D eigenvalue weighted by Crippen LogP contribution is -2.27. The molecule has 0 unspecified atom stereocenters. The van der Waals surface area contributed by atoms with Crippen LogP contribution in [0.4, 0.5) is 5.69 Å². The van der Waals surface area contributed by atoms with Gasteiger partial charge in [0.15, 0.2) is 0 Å². The Kier molecular flexibility index (Phi) is 3.87. The van der Waals surface area contributed by atoms with Gasteiger partial charge in [0.05, 0.1) is 0 Å². The molecule has 2 aromatic rings. The van der Waals surface area contributed by atoms with Crippen molar-refractivity contribution in [2.24, 2.45) is 5.73 Å². The summed E-state index contributed by atoms with van der Waals surface area (Å²) in [6, 6.07) is 12.7. The summed E-state index contributed by atoms with van der Waals surface area (Å²) in [4.78, 5) is 18.1. The number of anilines is 1. The summed E-state index contributed by atoms with van der Waals surface area (Å²) < 4.78 is 0. The average Bonchev–Trinajstić information content (AvgIpc) is 2.46. The lowest BCUT2D eigenvalue weighted by molar-refractivity contribution is 0.0988. The van der Waals surface area contributed by atoms with Crippen molar-refractivity contribution in [1.82, 2.24) is 4.98 Å². The zero-order chi connectivity index (χ0) is 13.8. The maximum atomic E-state index is 12.2. The Bertz CT molecular complexity index is 596. The molecule has 2 rings (SSSR count). The molecule has 0 aliphatic heterocycles. The first-order chi connectivity index (χ1) is 9.09. The summed E-state index contributed by atoms with van der Waals surface area (Å²) >= 11 is 4.84. The van der Waals surface area contributed by atoms with E-state index in [2.05, 4.69) is 4.98 Å². The molecule has 1 aromatic carbocycles. The van der Waals surface area contributed by atoms with Gasteiger partial charge in [0.25, 0.3) is 5.91 Å². The van der Waals surface area contributed by atoms with Gasteiger partial charge >= 0.3 is 0 Å². The molecule has 0 saturated heterocycles. The normalized spacial score (nSPS) is 9.95. The van der Waals surface area contributed by atoms with Crippen LogP contribution in [0.25, 0.3) is 0 Å². The first-order valence-corrected chi connectivity index (χ1v) is 6.09. The Morgan fingerprint density at radius 2 is 1.89 bits per heavy atom. The zero-order valence-electron chi connectivity index (χ0n) is 10.4. The number of para-hydroxylation sites is 1. The minimum atomic E-state index is -0.180. The highest BCUT2D eigenvalue weighted by atomic mass is 32.1. The van der Waals surface area contributed by atoms with Gasteiger partial charge in [0, 0.05) is 24.5 Å². The number of aromatic nitrogens is 1. The van der Waals surface area contributed by atoms with E-state index in [1.807, 2.05) is 30.3 Å². The number of hydrogen-bond acceptors (Lipinski definition) is 3. The van der Waals surface area contributed by atoms with Gasteiger partial charge in [-0.15, -0.1) is 0 Å². The van der Waals surface area contributed by atoms with Crippen molar-refractivity contribution in [3.05, 3.63) is 59.9 Å². The van der Waals surface area contributed by atoms with Gasteiger partial charge in [-0.05, 0) is 24.3 Å². The number of rotatable bonds is 3. The molecular weight excluding hydrogens is 258 g/mol. The van der Waals surface area contributed by atoms with Crippen LogP contribution in [-0.4, -0.2) is 22.9 Å². The largest absolute Gasteiger partial charge is 0.389 e. The highest BCUT2D eigenvalue weighted by molar-refractivity contribution is 7.80. The van der Waals surface area contributed by atoms with E-state index >= 15 is 0 Å². The monoisotopic (exact) mass is 271 g/mol. The summed E-state index contributed by atoms with van der Waals surface area (Å²) in [5.41, 5.74) is 7.30. The summed E-state index contributed by atoms with van der Waals surface area (Å²) in [5.74, 6) is -0.180. The van der Waals surface area contributed by atoms with E-state index in [0.29, 0.717) is 11.3 Å². The fourth-order valence-corrected chi connectivity index (χ4v) is 1.73. The fourth-order valence-electron chi connectivity index (χ4n) is 1.61. The smallest absolute Gasteiger partial charge is 0.276 e. The summed E-state index contributed by atoms with van der Waals surface area (Å²) in [6.45, 7) is 0. The molecule has 0 aliphatic rings. The average molecular weight is 271 g/mol. The molecule has 1 amide bonds.